The van der Waals surface area contributed by atoms with Gasteiger partial charge in [0.25, 0.3) is 5.91 Å². The van der Waals surface area contributed by atoms with Gasteiger partial charge in [0.05, 0.1) is 24.5 Å². The van der Waals surface area contributed by atoms with Crippen LogP contribution in [0.5, 0.6) is 0 Å². The molecule has 2 amide bonds. The number of hydrogen-bond acceptors (Lipinski definition) is 8. The van der Waals surface area contributed by atoms with Crippen molar-refractivity contribution in [2.45, 2.75) is 19.0 Å². The molecular weight excluding hydrogens is 497 g/mol. The van der Waals surface area contributed by atoms with E-state index in [1.165, 1.54) is 24.5 Å². The first-order chi connectivity index (χ1) is 17.6. The Hall–Kier alpha value is -4.49. The molecule has 0 radical (unpaired) electrons. The Balaban J connectivity index is 1.40. The van der Waals surface area contributed by atoms with Gasteiger partial charge in [-0.25, -0.2) is 15.0 Å². The highest BCUT2D eigenvalue weighted by Crippen LogP contribution is 2.35. The predicted molar refractivity (Wildman–Crippen MR) is 123 cm³/mol. The van der Waals surface area contributed by atoms with E-state index in [9.17, 15) is 27.6 Å². The molecule has 4 rings (SSSR count). The third-order valence-corrected chi connectivity index (χ3v) is 5.48. The lowest BCUT2D eigenvalue weighted by atomic mass is 10.2. The van der Waals surface area contributed by atoms with E-state index in [4.69, 9.17) is 9.52 Å². The Kier molecular flexibility index (Phi) is 7.36. The Morgan fingerprint density at radius 2 is 1.65 bits per heavy atom. The molecule has 0 atom stereocenters. The minimum absolute atomic E-state index is 0.0496. The van der Waals surface area contributed by atoms with E-state index < -0.39 is 29.5 Å². The van der Waals surface area contributed by atoms with Crippen molar-refractivity contribution in [2.75, 3.05) is 36.4 Å². The Morgan fingerprint density at radius 3 is 2.24 bits per heavy atom. The zero-order valence-corrected chi connectivity index (χ0v) is 19.2. The molecule has 1 aromatic carbocycles. The van der Waals surface area contributed by atoms with Crippen molar-refractivity contribution >= 4 is 29.4 Å². The van der Waals surface area contributed by atoms with E-state index in [-0.39, 0.29) is 35.9 Å². The zero-order valence-electron chi connectivity index (χ0n) is 19.2. The molecule has 14 heteroatoms. The van der Waals surface area contributed by atoms with E-state index in [1.807, 2.05) is 0 Å². The van der Waals surface area contributed by atoms with Crippen molar-refractivity contribution in [1.29, 1.82) is 0 Å². The maximum absolute atomic E-state index is 13.5. The number of aliphatic carboxylic acids is 1. The number of nitrogens with zero attached hydrogens (tertiary/aromatic N) is 5. The molecule has 2 N–H and O–H groups in total. The molecule has 3 aromatic rings. The van der Waals surface area contributed by atoms with E-state index in [0.29, 0.717) is 32.1 Å². The van der Waals surface area contributed by atoms with Gasteiger partial charge in [0.2, 0.25) is 23.5 Å². The lowest BCUT2D eigenvalue weighted by Crippen LogP contribution is -2.49. The molecule has 1 aliphatic heterocycles. The summed E-state index contributed by atoms with van der Waals surface area (Å²) < 4.78 is 45.4. The first kappa shape index (κ1) is 25.6. The van der Waals surface area contributed by atoms with Crippen LogP contribution in [0.3, 0.4) is 0 Å². The first-order valence-corrected chi connectivity index (χ1v) is 11.1. The molecule has 1 aliphatic rings. The van der Waals surface area contributed by atoms with Crippen molar-refractivity contribution in [3.8, 4) is 11.5 Å². The van der Waals surface area contributed by atoms with Crippen LogP contribution in [0.25, 0.3) is 11.5 Å². The van der Waals surface area contributed by atoms with E-state index in [0.717, 1.165) is 0 Å². The molecule has 194 valence electrons. The van der Waals surface area contributed by atoms with Gasteiger partial charge >= 0.3 is 12.1 Å². The van der Waals surface area contributed by atoms with Crippen molar-refractivity contribution in [1.82, 2.24) is 19.9 Å². The van der Waals surface area contributed by atoms with Crippen molar-refractivity contribution in [2.24, 2.45) is 0 Å². The number of anilines is 2. The smallest absolute Gasteiger partial charge is 0.452 e. The van der Waals surface area contributed by atoms with Gasteiger partial charge in [-0.15, -0.1) is 0 Å². The van der Waals surface area contributed by atoms with E-state index in [2.05, 4.69) is 20.3 Å². The maximum atomic E-state index is 13.5. The zero-order chi connectivity index (χ0) is 26.6. The van der Waals surface area contributed by atoms with Crippen LogP contribution < -0.4 is 10.2 Å². The van der Waals surface area contributed by atoms with Crippen LogP contribution in [0.4, 0.5) is 24.8 Å². The number of rotatable bonds is 7. The molecule has 37 heavy (non-hydrogen) atoms. The lowest BCUT2D eigenvalue weighted by molar-refractivity contribution is -0.153. The minimum Gasteiger partial charge on any atom is -0.481 e. The van der Waals surface area contributed by atoms with Gasteiger partial charge in [0.15, 0.2) is 5.69 Å². The standard InChI is InChI=1S/C23H21F3N6O5/c24-23(25,26)19-18(30-21(37-19)14-4-2-1-3-5-14)20(36)29-15-12-27-22(28-13-15)32-10-8-31(9-11-32)16(33)6-7-17(34)35/h1-5,12-13H,6-11H2,(H,29,36)(H,34,35). The number of carbonyl (C=O) groups is 3. The number of nitrogens with one attached hydrogen (secondary N) is 1. The molecule has 0 bridgehead atoms. The molecule has 1 saturated heterocycles. The summed E-state index contributed by atoms with van der Waals surface area (Å²) in [7, 11) is 0. The number of hydrogen-bond donors (Lipinski definition) is 2. The van der Waals surface area contributed by atoms with E-state index in [1.54, 1.807) is 28.0 Å². The normalized spacial score (nSPS) is 13.9. The third-order valence-electron chi connectivity index (χ3n) is 5.48. The van der Waals surface area contributed by atoms with Crippen molar-refractivity contribution < 1.29 is 37.1 Å². The fraction of sp³-hybridized carbons (Fsp3) is 0.304. The van der Waals surface area contributed by atoms with Crippen LogP contribution in [0.2, 0.25) is 0 Å². The Morgan fingerprint density at radius 1 is 1.00 bits per heavy atom. The van der Waals surface area contributed by atoms with E-state index >= 15 is 0 Å². The number of aromatic nitrogens is 3. The molecule has 11 nitrogen and oxygen atoms in total. The Bertz CT molecular complexity index is 1270. The number of alkyl halides is 3. The number of amides is 2. The number of carboxylic acids is 1. The molecule has 0 unspecified atom stereocenters. The van der Waals surface area contributed by atoms with Gasteiger partial charge in [-0.1, -0.05) is 18.2 Å². The van der Waals surface area contributed by atoms with Gasteiger partial charge in [0.1, 0.15) is 0 Å². The monoisotopic (exact) mass is 518 g/mol. The number of halogens is 3. The summed E-state index contributed by atoms with van der Waals surface area (Å²) in [5, 5.41) is 11.0. The minimum atomic E-state index is -4.94. The molecular formula is C23H21F3N6O5. The average molecular weight is 518 g/mol. The molecule has 3 heterocycles. The van der Waals surface area contributed by atoms with Crippen LogP contribution >= 0.6 is 0 Å². The second kappa shape index (κ2) is 10.6. The van der Waals surface area contributed by atoms with Crippen LogP contribution in [0.15, 0.2) is 47.1 Å². The van der Waals surface area contributed by atoms with Gasteiger partial charge in [-0.05, 0) is 12.1 Å². The topological polar surface area (TPSA) is 142 Å². The maximum Gasteiger partial charge on any atom is 0.452 e. The number of piperazine rings is 1. The highest BCUT2D eigenvalue weighted by atomic mass is 19.4. The highest BCUT2D eigenvalue weighted by Gasteiger charge is 2.42. The van der Waals surface area contributed by atoms with Crippen LogP contribution in [0, 0.1) is 0 Å². The third kappa shape index (κ3) is 6.20. The van der Waals surface area contributed by atoms with Crippen molar-refractivity contribution in [3.63, 3.8) is 0 Å². The summed E-state index contributed by atoms with van der Waals surface area (Å²) in [6.07, 6.45) is -2.76. The molecule has 0 spiro atoms. The predicted octanol–water partition coefficient (Wildman–Crippen LogP) is 2.92. The van der Waals surface area contributed by atoms with Crippen LogP contribution in [-0.2, 0) is 15.8 Å². The molecule has 1 fully saturated rings. The Labute approximate surface area is 207 Å². The summed E-state index contributed by atoms with van der Waals surface area (Å²) in [6.45, 7) is 1.52. The summed E-state index contributed by atoms with van der Waals surface area (Å²) >= 11 is 0. The number of carboxylic acid groups (broad SMARTS) is 1. The molecule has 0 saturated carbocycles. The average Bonchev–Trinajstić information content (AvgIpc) is 3.35. The quantitative estimate of drug-likeness (QED) is 0.483. The number of benzene rings is 1. The van der Waals surface area contributed by atoms with Gasteiger partial charge in [0, 0.05) is 38.2 Å². The van der Waals surface area contributed by atoms with Crippen LogP contribution in [-0.4, -0.2) is 68.9 Å². The SMILES string of the molecule is O=C(O)CCC(=O)N1CCN(c2ncc(NC(=O)c3nc(-c4ccccc4)oc3C(F)(F)F)cn2)CC1. The molecule has 2 aromatic heterocycles. The summed E-state index contributed by atoms with van der Waals surface area (Å²) in [4.78, 5) is 50.8. The second-order valence-corrected chi connectivity index (χ2v) is 8.05. The van der Waals surface area contributed by atoms with Gasteiger partial charge < -0.3 is 24.6 Å². The first-order valence-electron chi connectivity index (χ1n) is 11.1. The largest absolute Gasteiger partial charge is 0.481 e. The number of carbonyl (C=O) groups excluding carboxylic acids is 2. The fourth-order valence-electron chi connectivity index (χ4n) is 3.64. The van der Waals surface area contributed by atoms with Gasteiger partial charge in [-0.2, -0.15) is 13.2 Å². The van der Waals surface area contributed by atoms with Crippen LogP contribution in [0.1, 0.15) is 29.1 Å². The summed E-state index contributed by atoms with van der Waals surface area (Å²) in [6, 6.07) is 7.89. The number of oxazole rings is 1. The summed E-state index contributed by atoms with van der Waals surface area (Å²) in [5.41, 5.74) is -0.587. The second-order valence-electron chi connectivity index (χ2n) is 8.05. The van der Waals surface area contributed by atoms with Crippen molar-refractivity contribution in [3.05, 3.63) is 54.2 Å². The highest BCUT2D eigenvalue weighted by molar-refractivity contribution is 6.03. The molecule has 0 aliphatic carbocycles. The summed E-state index contributed by atoms with van der Waals surface area (Å²) in [5.74, 6) is -3.98. The lowest BCUT2D eigenvalue weighted by Gasteiger charge is -2.34. The van der Waals surface area contributed by atoms with Gasteiger partial charge in [-0.3, -0.25) is 14.4 Å². The fourth-order valence-corrected chi connectivity index (χ4v) is 3.64.